The average Bonchev–Trinajstić information content (AvgIpc) is 2.38. The first-order valence-electron chi connectivity index (χ1n) is 5.36. The standard InChI is InChI=1S/C14H11FN2O/c15-14-7-13(6-3-11(14)8-16)18-9-10-1-4-12(17)5-2-10/h1-7H,9,17H2. The molecule has 0 radical (unpaired) electrons. The summed E-state index contributed by atoms with van der Waals surface area (Å²) in [6, 6.07) is 13.2. The third kappa shape index (κ3) is 2.77. The van der Waals surface area contributed by atoms with Gasteiger partial charge in [0.05, 0.1) is 5.56 Å². The van der Waals surface area contributed by atoms with Gasteiger partial charge in [-0.05, 0) is 29.8 Å². The van der Waals surface area contributed by atoms with Crippen molar-refractivity contribution in [3.05, 3.63) is 59.4 Å². The van der Waals surface area contributed by atoms with Crippen molar-refractivity contribution >= 4 is 5.69 Å². The Hall–Kier alpha value is -2.54. The molecule has 2 rings (SSSR count). The molecule has 0 aliphatic rings. The Morgan fingerprint density at radius 3 is 2.50 bits per heavy atom. The number of halogens is 1. The summed E-state index contributed by atoms with van der Waals surface area (Å²) in [6.07, 6.45) is 0. The molecule has 0 saturated heterocycles. The monoisotopic (exact) mass is 242 g/mol. The van der Waals surface area contributed by atoms with E-state index in [0.29, 0.717) is 18.0 Å². The van der Waals surface area contributed by atoms with Crippen LogP contribution in [0.2, 0.25) is 0 Å². The highest BCUT2D eigenvalue weighted by atomic mass is 19.1. The number of hydrogen-bond donors (Lipinski definition) is 1. The molecule has 0 unspecified atom stereocenters. The third-order valence-corrected chi connectivity index (χ3v) is 2.45. The Kier molecular flexibility index (Phi) is 3.44. The van der Waals surface area contributed by atoms with Gasteiger partial charge < -0.3 is 10.5 Å². The maximum atomic E-state index is 13.3. The molecule has 0 aliphatic heterocycles. The zero-order valence-corrected chi connectivity index (χ0v) is 9.56. The molecule has 0 spiro atoms. The van der Waals surface area contributed by atoms with Gasteiger partial charge in [0.25, 0.3) is 0 Å². The largest absolute Gasteiger partial charge is 0.489 e. The fourth-order valence-corrected chi connectivity index (χ4v) is 1.46. The van der Waals surface area contributed by atoms with Crippen LogP contribution >= 0.6 is 0 Å². The van der Waals surface area contributed by atoms with Crippen molar-refractivity contribution in [2.45, 2.75) is 6.61 Å². The molecule has 0 amide bonds. The van der Waals surface area contributed by atoms with Gasteiger partial charge in [0.1, 0.15) is 24.2 Å². The number of nitriles is 1. The summed E-state index contributed by atoms with van der Waals surface area (Å²) in [6.45, 7) is 0.325. The smallest absolute Gasteiger partial charge is 0.144 e. The lowest BCUT2D eigenvalue weighted by atomic mass is 10.2. The number of anilines is 1. The van der Waals surface area contributed by atoms with Crippen molar-refractivity contribution in [3.63, 3.8) is 0 Å². The lowest BCUT2D eigenvalue weighted by molar-refractivity contribution is 0.304. The second kappa shape index (κ2) is 5.19. The summed E-state index contributed by atoms with van der Waals surface area (Å²) in [7, 11) is 0. The summed E-state index contributed by atoms with van der Waals surface area (Å²) in [5.74, 6) is -0.185. The highest BCUT2D eigenvalue weighted by molar-refractivity contribution is 5.39. The summed E-state index contributed by atoms with van der Waals surface area (Å²) in [4.78, 5) is 0. The highest BCUT2D eigenvalue weighted by Crippen LogP contribution is 2.17. The van der Waals surface area contributed by atoms with Crippen LogP contribution in [0.3, 0.4) is 0 Å². The highest BCUT2D eigenvalue weighted by Gasteiger charge is 2.03. The van der Waals surface area contributed by atoms with Crippen molar-refractivity contribution in [2.75, 3.05) is 5.73 Å². The molecule has 4 heteroatoms. The predicted octanol–water partition coefficient (Wildman–Crippen LogP) is 2.86. The van der Waals surface area contributed by atoms with E-state index in [2.05, 4.69) is 0 Å². The first-order valence-corrected chi connectivity index (χ1v) is 5.36. The van der Waals surface area contributed by atoms with Gasteiger partial charge in [-0.25, -0.2) is 4.39 Å². The molecule has 0 heterocycles. The molecular weight excluding hydrogens is 231 g/mol. The molecule has 2 N–H and O–H groups in total. The van der Waals surface area contributed by atoms with Crippen LogP contribution in [0, 0.1) is 17.1 Å². The first kappa shape index (κ1) is 11.9. The van der Waals surface area contributed by atoms with E-state index < -0.39 is 5.82 Å². The normalized spacial score (nSPS) is 9.78. The Labute approximate surface area is 104 Å². The summed E-state index contributed by atoms with van der Waals surface area (Å²) >= 11 is 0. The van der Waals surface area contributed by atoms with Crippen molar-refractivity contribution in [3.8, 4) is 11.8 Å². The van der Waals surface area contributed by atoms with Gasteiger partial charge in [0.2, 0.25) is 0 Å². The maximum absolute atomic E-state index is 13.3. The minimum Gasteiger partial charge on any atom is -0.489 e. The predicted molar refractivity (Wildman–Crippen MR) is 66.3 cm³/mol. The number of ether oxygens (including phenoxy) is 1. The van der Waals surface area contributed by atoms with Crippen molar-refractivity contribution < 1.29 is 9.13 Å². The number of benzene rings is 2. The van der Waals surface area contributed by atoms with Crippen LogP contribution in [0.15, 0.2) is 42.5 Å². The van der Waals surface area contributed by atoms with Crippen LogP contribution in [0.5, 0.6) is 5.75 Å². The van der Waals surface area contributed by atoms with E-state index in [9.17, 15) is 4.39 Å². The molecule has 0 aliphatic carbocycles. The lowest BCUT2D eigenvalue weighted by Gasteiger charge is -2.07. The molecule has 90 valence electrons. The van der Waals surface area contributed by atoms with E-state index in [1.54, 1.807) is 24.3 Å². The van der Waals surface area contributed by atoms with E-state index in [-0.39, 0.29) is 5.56 Å². The van der Waals surface area contributed by atoms with Crippen LogP contribution in [-0.2, 0) is 6.61 Å². The number of nitrogens with zero attached hydrogens (tertiary/aromatic N) is 1. The fraction of sp³-hybridized carbons (Fsp3) is 0.0714. The number of hydrogen-bond acceptors (Lipinski definition) is 3. The summed E-state index contributed by atoms with van der Waals surface area (Å²) in [5, 5.41) is 8.60. The zero-order valence-electron chi connectivity index (χ0n) is 9.56. The van der Waals surface area contributed by atoms with Crippen LogP contribution in [0.25, 0.3) is 0 Å². The Morgan fingerprint density at radius 2 is 1.89 bits per heavy atom. The van der Waals surface area contributed by atoms with Gasteiger partial charge in [0, 0.05) is 11.8 Å². The van der Waals surface area contributed by atoms with Gasteiger partial charge in [-0.15, -0.1) is 0 Å². The van der Waals surface area contributed by atoms with E-state index in [4.69, 9.17) is 15.7 Å². The number of nitrogen functional groups attached to an aromatic ring is 1. The second-order valence-corrected chi connectivity index (χ2v) is 3.78. The van der Waals surface area contributed by atoms with Gasteiger partial charge in [-0.1, -0.05) is 12.1 Å². The fourth-order valence-electron chi connectivity index (χ4n) is 1.46. The van der Waals surface area contributed by atoms with E-state index in [0.717, 1.165) is 5.56 Å². The quantitative estimate of drug-likeness (QED) is 0.842. The number of nitrogens with two attached hydrogens (primary N) is 1. The molecule has 0 aromatic heterocycles. The molecule has 2 aromatic rings. The van der Waals surface area contributed by atoms with Gasteiger partial charge in [0.15, 0.2) is 0 Å². The minimum absolute atomic E-state index is 0.00911. The van der Waals surface area contributed by atoms with E-state index >= 15 is 0 Å². The lowest BCUT2D eigenvalue weighted by Crippen LogP contribution is -1.96. The summed E-state index contributed by atoms with van der Waals surface area (Å²) < 4.78 is 18.7. The minimum atomic E-state index is -0.577. The topological polar surface area (TPSA) is 59.0 Å². The second-order valence-electron chi connectivity index (χ2n) is 3.78. The average molecular weight is 242 g/mol. The van der Waals surface area contributed by atoms with Crippen LogP contribution in [-0.4, -0.2) is 0 Å². The van der Waals surface area contributed by atoms with Crippen molar-refractivity contribution in [1.29, 1.82) is 5.26 Å². The van der Waals surface area contributed by atoms with Gasteiger partial charge >= 0.3 is 0 Å². The van der Waals surface area contributed by atoms with E-state index in [1.165, 1.54) is 12.1 Å². The Morgan fingerprint density at radius 1 is 1.17 bits per heavy atom. The molecule has 0 fully saturated rings. The van der Waals surface area contributed by atoms with Crippen LogP contribution < -0.4 is 10.5 Å². The molecule has 0 atom stereocenters. The van der Waals surface area contributed by atoms with Crippen LogP contribution in [0.4, 0.5) is 10.1 Å². The molecular formula is C14H11FN2O. The van der Waals surface area contributed by atoms with Gasteiger partial charge in [-0.3, -0.25) is 0 Å². The maximum Gasteiger partial charge on any atom is 0.144 e. The zero-order chi connectivity index (χ0) is 13.0. The van der Waals surface area contributed by atoms with Crippen LogP contribution in [0.1, 0.15) is 11.1 Å². The molecule has 0 bridgehead atoms. The van der Waals surface area contributed by atoms with E-state index in [1.807, 2.05) is 12.1 Å². The SMILES string of the molecule is N#Cc1ccc(OCc2ccc(N)cc2)cc1F. The molecule has 18 heavy (non-hydrogen) atoms. The molecule has 3 nitrogen and oxygen atoms in total. The van der Waals surface area contributed by atoms with Crippen molar-refractivity contribution in [2.24, 2.45) is 0 Å². The summed E-state index contributed by atoms with van der Waals surface area (Å²) in [5.41, 5.74) is 7.20. The van der Waals surface area contributed by atoms with Gasteiger partial charge in [-0.2, -0.15) is 5.26 Å². The Bertz CT molecular complexity index is 588. The van der Waals surface area contributed by atoms with Crippen molar-refractivity contribution in [1.82, 2.24) is 0 Å². The number of rotatable bonds is 3. The molecule has 2 aromatic carbocycles. The molecule has 0 saturated carbocycles. The third-order valence-electron chi connectivity index (χ3n) is 2.45. The Balaban J connectivity index is 2.04. The first-order chi connectivity index (χ1) is 8.69.